The summed E-state index contributed by atoms with van der Waals surface area (Å²) in [6.45, 7) is 0. The quantitative estimate of drug-likeness (QED) is 0.540. The number of hydrogen-bond acceptors (Lipinski definition) is 5. The van der Waals surface area contributed by atoms with Gasteiger partial charge in [-0.15, -0.1) is 10.2 Å². The highest BCUT2D eigenvalue weighted by Gasteiger charge is 2.16. The highest BCUT2D eigenvalue weighted by Crippen LogP contribution is 2.28. The molecule has 23 heavy (non-hydrogen) atoms. The number of rotatable bonds is 3. The predicted octanol–water partition coefficient (Wildman–Crippen LogP) is 3.56. The molecule has 0 bridgehead atoms. The lowest BCUT2D eigenvalue weighted by Crippen LogP contribution is -1.99. The lowest BCUT2D eigenvalue weighted by atomic mass is 10.2. The molecule has 5 nitrogen and oxygen atoms in total. The number of aromatic nitrogens is 4. The van der Waals surface area contributed by atoms with Gasteiger partial charge in [0.15, 0.2) is 10.8 Å². The fourth-order valence-corrected chi connectivity index (χ4v) is 3.13. The fraction of sp³-hybridized carbons (Fsp3) is 0.0588. The average Bonchev–Trinajstić information content (AvgIpc) is 3.04. The standard InChI is InChI=1S/C17H11N5S/c18-10-11-23-17-21-20-16-13-8-4-5-9-14(13)19-15(22(16)17)12-6-2-1-3-7-12/h1-9H,11H2. The summed E-state index contributed by atoms with van der Waals surface area (Å²) in [5.41, 5.74) is 2.62. The Morgan fingerprint density at radius 2 is 1.78 bits per heavy atom. The normalized spacial score (nSPS) is 10.9. The van der Waals surface area contributed by atoms with Crippen LogP contribution >= 0.6 is 11.8 Å². The molecule has 0 N–H and O–H groups in total. The van der Waals surface area contributed by atoms with E-state index in [4.69, 9.17) is 10.2 Å². The number of nitriles is 1. The topological polar surface area (TPSA) is 66.9 Å². The van der Waals surface area contributed by atoms with Crippen LogP contribution in [0.2, 0.25) is 0 Å². The van der Waals surface area contributed by atoms with E-state index in [1.165, 1.54) is 11.8 Å². The van der Waals surface area contributed by atoms with Crippen molar-refractivity contribution < 1.29 is 0 Å². The highest BCUT2D eigenvalue weighted by molar-refractivity contribution is 7.99. The highest BCUT2D eigenvalue weighted by atomic mass is 32.2. The monoisotopic (exact) mass is 317 g/mol. The van der Waals surface area contributed by atoms with Crippen LogP contribution in [0.4, 0.5) is 0 Å². The molecular formula is C17H11N5S. The minimum absolute atomic E-state index is 0.321. The molecule has 110 valence electrons. The van der Waals surface area contributed by atoms with Gasteiger partial charge in [0.25, 0.3) is 0 Å². The first-order valence-corrected chi connectivity index (χ1v) is 8.06. The first-order valence-electron chi connectivity index (χ1n) is 7.07. The van der Waals surface area contributed by atoms with E-state index in [0.717, 1.165) is 27.9 Å². The summed E-state index contributed by atoms with van der Waals surface area (Å²) < 4.78 is 1.93. The molecule has 0 saturated carbocycles. The molecule has 0 aliphatic heterocycles. The van der Waals surface area contributed by atoms with Crippen molar-refractivity contribution in [2.45, 2.75) is 5.16 Å². The van der Waals surface area contributed by atoms with Crippen molar-refractivity contribution in [2.24, 2.45) is 0 Å². The molecule has 0 saturated heterocycles. The van der Waals surface area contributed by atoms with Crippen LogP contribution < -0.4 is 0 Å². The van der Waals surface area contributed by atoms with Crippen LogP contribution in [0.15, 0.2) is 59.8 Å². The van der Waals surface area contributed by atoms with Crippen molar-refractivity contribution in [3.63, 3.8) is 0 Å². The number of para-hydroxylation sites is 1. The van der Waals surface area contributed by atoms with Gasteiger partial charge in [-0.3, -0.25) is 4.40 Å². The van der Waals surface area contributed by atoms with E-state index in [0.29, 0.717) is 10.9 Å². The van der Waals surface area contributed by atoms with Crippen molar-refractivity contribution in [1.29, 1.82) is 5.26 Å². The third-order valence-electron chi connectivity index (χ3n) is 3.51. The first-order chi connectivity index (χ1) is 11.4. The average molecular weight is 317 g/mol. The summed E-state index contributed by atoms with van der Waals surface area (Å²) in [6.07, 6.45) is 0. The second kappa shape index (κ2) is 5.71. The summed E-state index contributed by atoms with van der Waals surface area (Å²) in [5.74, 6) is 1.10. The van der Waals surface area contributed by atoms with Crippen molar-refractivity contribution in [1.82, 2.24) is 19.6 Å². The Balaban J connectivity index is 2.08. The molecule has 0 aliphatic rings. The van der Waals surface area contributed by atoms with Gasteiger partial charge in [0.2, 0.25) is 0 Å². The Kier molecular flexibility index (Phi) is 3.41. The molecule has 0 fully saturated rings. The lowest BCUT2D eigenvalue weighted by molar-refractivity contribution is 0.915. The zero-order valence-corrected chi connectivity index (χ0v) is 12.9. The van der Waals surface area contributed by atoms with Crippen LogP contribution in [-0.2, 0) is 0 Å². The van der Waals surface area contributed by atoms with E-state index < -0.39 is 0 Å². The van der Waals surface area contributed by atoms with Gasteiger partial charge < -0.3 is 0 Å². The fourth-order valence-electron chi connectivity index (χ4n) is 2.53. The van der Waals surface area contributed by atoms with Crippen molar-refractivity contribution in [3.8, 4) is 17.5 Å². The van der Waals surface area contributed by atoms with E-state index in [1.54, 1.807) is 0 Å². The van der Waals surface area contributed by atoms with Crippen LogP contribution in [0.3, 0.4) is 0 Å². The number of thioether (sulfide) groups is 1. The second-order valence-corrected chi connectivity index (χ2v) is 5.85. The summed E-state index contributed by atoms with van der Waals surface area (Å²) in [5, 5.41) is 19.1. The molecule has 0 amide bonds. The van der Waals surface area contributed by atoms with Crippen molar-refractivity contribution >= 4 is 28.3 Å². The Hall–Kier alpha value is -2.91. The zero-order valence-electron chi connectivity index (χ0n) is 12.0. The number of hydrogen-bond donors (Lipinski definition) is 0. The summed E-state index contributed by atoms with van der Waals surface area (Å²) >= 11 is 1.36. The first kappa shape index (κ1) is 13.7. The summed E-state index contributed by atoms with van der Waals surface area (Å²) in [6, 6.07) is 20.0. The third kappa shape index (κ3) is 2.31. The van der Waals surface area contributed by atoms with Crippen LogP contribution in [0.25, 0.3) is 27.9 Å². The molecule has 2 heterocycles. The molecule has 6 heteroatoms. The Morgan fingerprint density at radius 3 is 2.61 bits per heavy atom. The third-order valence-corrected chi connectivity index (χ3v) is 4.31. The van der Waals surface area contributed by atoms with Crippen LogP contribution in [0, 0.1) is 11.3 Å². The second-order valence-electron chi connectivity index (χ2n) is 4.91. The van der Waals surface area contributed by atoms with E-state index in [2.05, 4.69) is 16.3 Å². The molecule has 0 aliphatic carbocycles. The largest absolute Gasteiger partial charge is 0.253 e. The van der Waals surface area contributed by atoms with Crippen LogP contribution in [0.5, 0.6) is 0 Å². The van der Waals surface area contributed by atoms with Gasteiger partial charge >= 0.3 is 0 Å². The lowest BCUT2D eigenvalue weighted by Gasteiger charge is -2.08. The maximum absolute atomic E-state index is 8.85. The van der Waals surface area contributed by atoms with Gasteiger partial charge in [0.1, 0.15) is 5.82 Å². The van der Waals surface area contributed by atoms with Gasteiger partial charge in [0.05, 0.1) is 17.3 Å². The minimum Gasteiger partial charge on any atom is -0.253 e. The van der Waals surface area contributed by atoms with Gasteiger partial charge in [-0.05, 0) is 12.1 Å². The molecule has 0 radical (unpaired) electrons. The van der Waals surface area contributed by atoms with E-state index in [1.807, 2.05) is 59.0 Å². The molecule has 2 aromatic heterocycles. The molecule has 2 aromatic carbocycles. The SMILES string of the molecule is N#CCSc1nnc2c3ccccc3nc(-c3ccccc3)n12. The van der Waals surface area contributed by atoms with Crippen molar-refractivity contribution in [2.75, 3.05) is 5.75 Å². The zero-order chi connectivity index (χ0) is 15.6. The van der Waals surface area contributed by atoms with Gasteiger partial charge in [-0.25, -0.2) is 4.98 Å². The van der Waals surface area contributed by atoms with E-state index in [9.17, 15) is 0 Å². The summed E-state index contributed by atoms with van der Waals surface area (Å²) in [7, 11) is 0. The smallest absolute Gasteiger partial charge is 0.198 e. The minimum atomic E-state index is 0.321. The Bertz CT molecular complexity index is 1030. The number of nitrogens with zero attached hydrogens (tertiary/aromatic N) is 5. The predicted molar refractivity (Wildman–Crippen MR) is 90.1 cm³/mol. The van der Waals surface area contributed by atoms with Gasteiger partial charge in [0, 0.05) is 10.9 Å². The molecule has 0 atom stereocenters. The number of benzene rings is 2. The molecule has 0 spiro atoms. The van der Waals surface area contributed by atoms with Crippen molar-refractivity contribution in [3.05, 3.63) is 54.6 Å². The molecule has 4 rings (SSSR count). The van der Waals surface area contributed by atoms with Crippen LogP contribution in [-0.4, -0.2) is 25.3 Å². The van der Waals surface area contributed by atoms with E-state index >= 15 is 0 Å². The molecular weight excluding hydrogens is 306 g/mol. The van der Waals surface area contributed by atoms with Crippen LogP contribution in [0.1, 0.15) is 0 Å². The maximum Gasteiger partial charge on any atom is 0.198 e. The number of fused-ring (bicyclic) bond motifs is 3. The maximum atomic E-state index is 8.85. The molecule has 0 unspecified atom stereocenters. The molecule has 4 aromatic rings. The van der Waals surface area contributed by atoms with Gasteiger partial charge in [-0.2, -0.15) is 5.26 Å². The van der Waals surface area contributed by atoms with E-state index in [-0.39, 0.29) is 0 Å². The van der Waals surface area contributed by atoms with Gasteiger partial charge in [-0.1, -0.05) is 54.2 Å². The summed E-state index contributed by atoms with van der Waals surface area (Å²) in [4.78, 5) is 4.80. The Labute approximate surface area is 136 Å². The Morgan fingerprint density at radius 1 is 1.00 bits per heavy atom.